The lowest BCUT2D eigenvalue weighted by atomic mass is 9.97. The standard InChI is InChI=1S/C20H27N5O3S2/c1-2-25-18(22-23-20(25)29)13-21-19(26)15-8-10-24(11-9-15)30(27,28)17-7-6-14-4-3-5-16(14)12-17/h6-7,12,15H,2-5,8-11,13H2,1H3,(H,21,26)(H,23,29). The molecule has 0 spiro atoms. The number of aryl methyl sites for hydroxylation is 2. The highest BCUT2D eigenvalue weighted by molar-refractivity contribution is 7.89. The Hall–Kier alpha value is -2.04. The molecule has 0 unspecified atom stereocenters. The number of nitrogens with one attached hydrogen (secondary N) is 2. The first-order chi connectivity index (χ1) is 14.4. The quantitative estimate of drug-likeness (QED) is 0.659. The lowest BCUT2D eigenvalue weighted by Crippen LogP contribution is -2.43. The number of carbonyl (C=O) groups excluding carboxylic acids is 1. The van der Waals surface area contributed by atoms with E-state index in [9.17, 15) is 13.2 Å². The average molecular weight is 450 g/mol. The summed E-state index contributed by atoms with van der Waals surface area (Å²) in [5.41, 5.74) is 2.41. The number of aromatic amines is 1. The van der Waals surface area contributed by atoms with Gasteiger partial charge in [-0.1, -0.05) is 6.07 Å². The Morgan fingerprint density at radius 2 is 2.00 bits per heavy atom. The molecule has 162 valence electrons. The summed E-state index contributed by atoms with van der Waals surface area (Å²) >= 11 is 5.16. The number of fused-ring (bicyclic) bond motifs is 1. The average Bonchev–Trinajstić information content (AvgIpc) is 3.37. The van der Waals surface area contributed by atoms with E-state index in [1.165, 1.54) is 9.87 Å². The number of piperidine rings is 1. The Kier molecular flexibility index (Phi) is 6.08. The maximum absolute atomic E-state index is 13.0. The minimum Gasteiger partial charge on any atom is -0.349 e. The molecule has 2 heterocycles. The molecule has 30 heavy (non-hydrogen) atoms. The predicted molar refractivity (Wildman–Crippen MR) is 115 cm³/mol. The number of carbonyl (C=O) groups is 1. The third-order valence-corrected chi connectivity index (χ3v) is 8.31. The molecule has 1 fully saturated rings. The Balaban J connectivity index is 1.35. The molecule has 1 aromatic carbocycles. The number of amides is 1. The highest BCUT2D eigenvalue weighted by atomic mass is 32.2. The van der Waals surface area contributed by atoms with Crippen LogP contribution in [0, 0.1) is 10.7 Å². The molecule has 1 aromatic heterocycles. The summed E-state index contributed by atoms with van der Waals surface area (Å²) in [4.78, 5) is 12.9. The highest BCUT2D eigenvalue weighted by Gasteiger charge is 2.32. The molecule has 1 saturated heterocycles. The van der Waals surface area contributed by atoms with E-state index in [4.69, 9.17) is 12.2 Å². The topological polar surface area (TPSA) is 100 Å². The van der Waals surface area contributed by atoms with Crippen LogP contribution in [0.5, 0.6) is 0 Å². The van der Waals surface area contributed by atoms with Crippen LogP contribution < -0.4 is 5.32 Å². The number of aromatic nitrogens is 3. The van der Waals surface area contributed by atoms with E-state index in [1.54, 1.807) is 6.07 Å². The van der Waals surface area contributed by atoms with Crippen LogP contribution in [0.25, 0.3) is 0 Å². The van der Waals surface area contributed by atoms with Gasteiger partial charge in [0.1, 0.15) is 0 Å². The molecule has 1 aliphatic heterocycles. The predicted octanol–water partition coefficient (Wildman–Crippen LogP) is 2.17. The summed E-state index contributed by atoms with van der Waals surface area (Å²) in [5.74, 6) is 0.419. The second kappa shape index (κ2) is 8.60. The van der Waals surface area contributed by atoms with Crippen LogP contribution >= 0.6 is 12.2 Å². The molecule has 2 aromatic rings. The van der Waals surface area contributed by atoms with Gasteiger partial charge in [-0.05, 0) is 74.5 Å². The summed E-state index contributed by atoms with van der Waals surface area (Å²) in [6.45, 7) is 3.65. The Labute approximate surface area is 181 Å². The SMILES string of the molecule is CCn1c(CNC(=O)C2CCN(S(=O)(=O)c3ccc4c(c3)CCC4)CC2)n[nH]c1=S. The van der Waals surface area contributed by atoms with E-state index in [1.807, 2.05) is 23.6 Å². The molecular formula is C20H27N5O3S2. The lowest BCUT2D eigenvalue weighted by molar-refractivity contribution is -0.126. The number of hydrogen-bond donors (Lipinski definition) is 2. The van der Waals surface area contributed by atoms with E-state index in [-0.39, 0.29) is 11.8 Å². The molecule has 8 nitrogen and oxygen atoms in total. The fourth-order valence-corrected chi connectivity index (χ4v) is 6.14. The van der Waals surface area contributed by atoms with E-state index >= 15 is 0 Å². The second-order valence-electron chi connectivity index (χ2n) is 7.87. The van der Waals surface area contributed by atoms with Gasteiger partial charge in [0.15, 0.2) is 10.6 Å². The summed E-state index contributed by atoms with van der Waals surface area (Å²) in [6, 6.07) is 5.50. The van der Waals surface area contributed by atoms with Crippen LogP contribution in [0.4, 0.5) is 0 Å². The minimum atomic E-state index is -3.52. The first-order valence-corrected chi connectivity index (χ1v) is 12.3. The van der Waals surface area contributed by atoms with Gasteiger partial charge in [0.2, 0.25) is 15.9 Å². The zero-order valence-corrected chi connectivity index (χ0v) is 18.7. The van der Waals surface area contributed by atoms with Gasteiger partial charge in [0, 0.05) is 25.6 Å². The van der Waals surface area contributed by atoms with Gasteiger partial charge >= 0.3 is 0 Å². The Morgan fingerprint density at radius 1 is 1.27 bits per heavy atom. The van der Waals surface area contributed by atoms with Crippen LogP contribution in [0.15, 0.2) is 23.1 Å². The number of sulfonamides is 1. The van der Waals surface area contributed by atoms with Crippen molar-refractivity contribution < 1.29 is 13.2 Å². The fourth-order valence-electron chi connectivity index (χ4n) is 4.34. The summed E-state index contributed by atoms with van der Waals surface area (Å²) in [7, 11) is -3.52. The fraction of sp³-hybridized carbons (Fsp3) is 0.550. The van der Waals surface area contributed by atoms with Crippen LogP contribution in [0.1, 0.15) is 43.1 Å². The van der Waals surface area contributed by atoms with Crippen LogP contribution in [0.2, 0.25) is 0 Å². The van der Waals surface area contributed by atoms with E-state index < -0.39 is 10.0 Å². The largest absolute Gasteiger partial charge is 0.349 e. The number of benzene rings is 1. The minimum absolute atomic E-state index is 0.0684. The van der Waals surface area contributed by atoms with Crippen molar-refractivity contribution in [1.29, 1.82) is 0 Å². The van der Waals surface area contributed by atoms with Crippen molar-refractivity contribution in [3.05, 3.63) is 39.9 Å². The van der Waals surface area contributed by atoms with E-state index in [2.05, 4.69) is 15.5 Å². The highest BCUT2D eigenvalue weighted by Crippen LogP contribution is 2.28. The second-order valence-corrected chi connectivity index (χ2v) is 10.2. The van der Waals surface area contributed by atoms with Gasteiger partial charge in [0.25, 0.3) is 0 Å². The molecule has 2 N–H and O–H groups in total. The molecule has 0 atom stereocenters. The van der Waals surface area contributed by atoms with Gasteiger partial charge in [-0.25, -0.2) is 8.42 Å². The number of H-pyrrole nitrogens is 1. The van der Waals surface area contributed by atoms with Crippen molar-refractivity contribution in [2.45, 2.75) is 57.0 Å². The van der Waals surface area contributed by atoms with Crippen molar-refractivity contribution in [3.63, 3.8) is 0 Å². The zero-order chi connectivity index (χ0) is 21.3. The van der Waals surface area contributed by atoms with Crippen molar-refractivity contribution >= 4 is 28.1 Å². The van der Waals surface area contributed by atoms with E-state index in [0.717, 1.165) is 24.8 Å². The third kappa shape index (κ3) is 4.08. The molecule has 0 radical (unpaired) electrons. The van der Waals surface area contributed by atoms with E-state index in [0.29, 0.717) is 54.5 Å². The first-order valence-electron chi connectivity index (χ1n) is 10.4. The molecular weight excluding hydrogens is 422 g/mol. The molecule has 10 heteroatoms. The van der Waals surface area contributed by atoms with Gasteiger partial charge in [0.05, 0.1) is 11.4 Å². The smallest absolute Gasteiger partial charge is 0.243 e. The third-order valence-electron chi connectivity index (χ3n) is 6.11. The summed E-state index contributed by atoms with van der Waals surface area (Å²) < 4.78 is 30.0. The molecule has 1 aliphatic carbocycles. The van der Waals surface area contributed by atoms with Gasteiger partial charge in [-0.15, -0.1) is 0 Å². The van der Waals surface area contributed by atoms with Gasteiger partial charge < -0.3 is 9.88 Å². The van der Waals surface area contributed by atoms with Gasteiger partial charge in [-0.2, -0.15) is 9.40 Å². The molecule has 0 bridgehead atoms. The van der Waals surface area contributed by atoms with Crippen molar-refractivity contribution in [2.75, 3.05) is 13.1 Å². The van der Waals surface area contributed by atoms with Crippen LogP contribution in [-0.4, -0.2) is 46.5 Å². The molecule has 2 aliphatic rings. The molecule has 4 rings (SSSR count). The maximum atomic E-state index is 13.0. The first kappa shape index (κ1) is 21.2. The van der Waals surface area contributed by atoms with Crippen molar-refractivity contribution in [1.82, 2.24) is 24.4 Å². The van der Waals surface area contributed by atoms with Crippen molar-refractivity contribution in [2.24, 2.45) is 5.92 Å². The van der Waals surface area contributed by atoms with Gasteiger partial charge in [-0.3, -0.25) is 9.89 Å². The normalized spacial score (nSPS) is 17.8. The zero-order valence-electron chi connectivity index (χ0n) is 17.1. The number of rotatable bonds is 6. The number of hydrogen-bond acceptors (Lipinski definition) is 5. The van der Waals surface area contributed by atoms with Crippen LogP contribution in [0.3, 0.4) is 0 Å². The Bertz CT molecular complexity index is 1100. The van der Waals surface area contributed by atoms with Crippen LogP contribution in [-0.2, 0) is 40.7 Å². The molecule has 0 saturated carbocycles. The lowest BCUT2D eigenvalue weighted by Gasteiger charge is -2.30. The number of nitrogens with zero attached hydrogens (tertiary/aromatic N) is 3. The van der Waals surface area contributed by atoms with Crippen molar-refractivity contribution in [3.8, 4) is 0 Å². The summed E-state index contributed by atoms with van der Waals surface area (Å²) in [6.07, 6.45) is 4.08. The Morgan fingerprint density at radius 3 is 2.73 bits per heavy atom. The molecule has 1 amide bonds. The maximum Gasteiger partial charge on any atom is 0.243 e. The monoisotopic (exact) mass is 449 g/mol. The summed E-state index contributed by atoms with van der Waals surface area (Å²) in [5, 5.41) is 9.80.